The van der Waals surface area contributed by atoms with E-state index in [1.54, 1.807) is 0 Å². The number of nitrogens with two attached hydrogens (primary N) is 1. The summed E-state index contributed by atoms with van der Waals surface area (Å²) in [6, 6.07) is 7.86. The van der Waals surface area contributed by atoms with E-state index in [0.717, 1.165) is 16.5 Å². The van der Waals surface area contributed by atoms with Crippen molar-refractivity contribution in [3.63, 3.8) is 0 Å². The lowest BCUT2D eigenvalue weighted by Crippen LogP contribution is -2.44. The lowest BCUT2D eigenvalue weighted by Gasteiger charge is -2.37. The first kappa shape index (κ1) is 11.1. The Bertz CT molecular complexity index is 337. The second-order valence-electron chi connectivity index (χ2n) is 3.49. The Morgan fingerprint density at radius 3 is 2.53 bits per heavy atom. The molecule has 0 aliphatic carbocycles. The van der Waals surface area contributed by atoms with Crippen LogP contribution in [0.4, 0.5) is 0 Å². The molecule has 0 aromatic heterocycles. The van der Waals surface area contributed by atoms with Crippen molar-refractivity contribution in [3.8, 4) is 0 Å². The van der Waals surface area contributed by atoms with Gasteiger partial charge in [-0.05, 0) is 12.5 Å². The molecule has 15 heavy (non-hydrogen) atoms. The standard InChI is InChI=1S/C11H14BrNO2/c12-10-5-2-1-4-9(10)11(8-13)14-6-3-7-15-11/h1-2,4-5H,3,6-8,13H2. The fourth-order valence-corrected chi connectivity index (χ4v) is 2.31. The van der Waals surface area contributed by atoms with Crippen molar-refractivity contribution in [3.05, 3.63) is 34.3 Å². The van der Waals surface area contributed by atoms with Crippen molar-refractivity contribution in [1.82, 2.24) is 0 Å². The summed E-state index contributed by atoms with van der Waals surface area (Å²) in [5.74, 6) is -0.766. The van der Waals surface area contributed by atoms with Gasteiger partial charge in [0.15, 0.2) is 0 Å². The zero-order chi connectivity index (χ0) is 10.7. The Labute approximate surface area is 97.7 Å². The molecule has 0 atom stereocenters. The average molecular weight is 272 g/mol. The van der Waals surface area contributed by atoms with Crippen molar-refractivity contribution < 1.29 is 9.47 Å². The van der Waals surface area contributed by atoms with E-state index in [9.17, 15) is 0 Å². The van der Waals surface area contributed by atoms with Gasteiger partial charge in [-0.25, -0.2) is 0 Å². The molecule has 0 unspecified atom stereocenters. The van der Waals surface area contributed by atoms with Crippen molar-refractivity contribution in [1.29, 1.82) is 0 Å². The van der Waals surface area contributed by atoms with Crippen LogP contribution in [0.1, 0.15) is 12.0 Å². The average Bonchev–Trinajstić information content (AvgIpc) is 2.30. The van der Waals surface area contributed by atoms with Crippen LogP contribution < -0.4 is 5.73 Å². The first-order chi connectivity index (χ1) is 7.28. The predicted molar refractivity (Wildman–Crippen MR) is 61.4 cm³/mol. The minimum absolute atomic E-state index is 0.329. The third-order valence-electron chi connectivity index (χ3n) is 2.51. The molecule has 1 aliphatic heterocycles. The number of rotatable bonds is 2. The molecule has 3 nitrogen and oxygen atoms in total. The molecule has 4 heteroatoms. The summed E-state index contributed by atoms with van der Waals surface area (Å²) in [5.41, 5.74) is 6.73. The minimum atomic E-state index is -0.766. The molecule has 1 aromatic rings. The van der Waals surface area contributed by atoms with Crippen molar-refractivity contribution in [2.45, 2.75) is 12.2 Å². The van der Waals surface area contributed by atoms with Crippen LogP contribution in [0.15, 0.2) is 28.7 Å². The zero-order valence-electron chi connectivity index (χ0n) is 8.41. The van der Waals surface area contributed by atoms with E-state index in [0.29, 0.717) is 19.8 Å². The minimum Gasteiger partial charge on any atom is -0.345 e. The predicted octanol–water partition coefficient (Wildman–Crippen LogP) is 2.00. The van der Waals surface area contributed by atoms with Crippen LogP contribution in [-0.4, -0.2) is 19.8 Å². The maximum Gasteiger partial charge on any atom is 0.208 e. The summed E-state index contributed by atoms with van der Waals surface area (Å²) in [6.45, 7) is 1.71. The van der Waals surface area contributed by atoms with Crippen LogP contribution in [0.5, 0.6) is 0 Å². The van der Waals surface area contributed by atoms with Gasteiger partial charge in [-0.3, -0.25) is 0 Å². The fourth-order valence-electron chi connectivity index (χ4n) is 1.73. The highest BCUT2D eigenvalue weighted by molar-refractivity contribution is 9.10. The van der Waals surface area contributed by atoms with E-state index >= 15 is 0 Å². The SMILES string of the molecule is NCC1(c2ccccc2Br)OCCCO1. The molecule has 1 aliphatic rings. The molecule has 1 saturated heterocycles. The van der Waals surface area contributed by atoms with Gasteiger partial charge in [-0.1, -0.05) is 34.1 Å². The van der Waals surface area contributed by atoms with E-state index in [1.165, 1.54) is 0 Å². The fraction of sp³-hybridized carbons (Fsp3) is 0.455. The number of ether oxygens (including phenoxy) is 2. The van der Waals surface area contributed by atoms with Gasteiger partial charge in [0.1, 0.15) is 0 Å². The maximum absolute atomic E-state index is 5.77. The first-order valence-electron chi connectivity index (χ1n) is 5.01. The molecule has 0 bridgehead atoms. The molecular formula is C11H14BrNO2. The van der Waals surface area contributed by atoms with Gasteiger partial charge in [-0.2, -0.15) is 0 Å². The van der Waals surface area contributed by atoms with Crippen molar-refractivity contribution in [2.24, 2.45) is 5.73 Å². The van der Waals surface area contributed by atoms with Gasteiger partial charge < -0.3 is 15.2 Å². The molecule has 1 heterocycles. The summed E-state index contributed by atoms with van der Waals surface area (Å²) in [6.07, 6.45) is 0.923. The second kappa shape index (κ2) is 4.61. The first-order valence-corrected chi connectivity index (χ1v) is 5.81. The molecular weight excluding hydrogens is 258 g/mol. The van der Waals surface area contributed by atoms with Gasteiger partial charge >= 0.3 is 0 Å². The lowest BCUT2D eigenvalue weighted by atomic mass is 10.1. The summed E-state index contributed by atoms with van der Waals surface area (Å²) in [7, 11) is 0. The molecule has 82 valence electrons. The van der Waals surface area contributed by atoms with Crippen LogP contribution in [0.25, 0.3) is 0 Å². The van der Waals surface area contributed by atoms with E-state index in [-0.39, 0.29) is 0 Å². The Balaban J connectivity index is 2.36. The van der Waals surface area contributed by atoms with Gasteiger partial charge in [0.25, 0.3) is 0 Å². The summed E-state index contributed by atoms with van der Waals surface area (Å²) in [4.78, 5) is 0. The topological polar surface area (TPSA) is 44.5 Å². The Morgan fingerprint density at radius 2 is 1.93 bits per heavy atom. The zero-order valence-corrected chi connectivity index (χ0v) is 10.00. The Hall–Kier alpha value is -0.420. The highest BCUT2D eigenvalue weighted by Crippen LogP contribution is 2.34. The lowest BCUT2D eigenvalue weighted by molar-refractivity contribution is -0.270. The molecule has 0 spiro atoms. The molecule has 0 radical (unpaired) electrons. The molecule has 2 N–H and O–H groups in total. The summed E-state index contributed by atoms with van der Waals surface area (Å²) < 4.78 is 12.4. The largest absolute Gasteiger partial charge is 0.345 e. The molecule has 2 rings (SSSR count). The third kappa shape index (κ3) is 2.08. The monoisotopic (exact) mass is 271 g/mol. The van der Waals surface area contributed by atoms with E-state index in [4.69, 9.17) is 15.2 Å². The van der Waals surface area contributed by atoms with E-state index in [2.05, 4.69) is 15.9 Å². The van der Waals surface area contributed by atoms with Gasteiger partial charge in [0.2, 0.25) is 5.79 Å². The number of hydrogen-bond acceptors (Lipinski definition) is 3. The molecule has 1 fully saturated rings. The van der Waals surface area contributed by atoms with Crippen LogP contribution >= 0.6 is 15.9 Å². The number of halogens is 1. The van der Waals surface area contributed by atoms with Crippen molar-refractivity contribution >= 4 is 15.9 Å². The Kier molecular flexibility index (Phi) is 3.41. The Morgan fingerprint density at radius 1 is 1.27 bits per heavy atom. The second-order valence-corrected chi connectivity index (χ2v) is 4.34. The van der Waals surface area contributed by atoms with E-state index in [1.807, 2.05) is 24.3 Å². The highest BCUT2D eigenvalue weighted by Gasteiger charge is 2.36. The highest BCUT2D eigenvalue weighted by atomic mass is 79.9. The van der Waals surface area contributed by atoms with Crippen LogP contribution in [0.2, 0.25) is 0 Å². The van der Waals surface area contributed by atoms with E-state index < -0.39 is 5.79 Å². The molecule has 0 amide bonds. The number of hydrogen-bond donors (Lipinski definition) is 1. The van der Waals surface area contributed by atoms with Crippen molar-refractivity contribution in [2.75, 3.05) is 19.8 Å². The normalized spacial score (nSPS) is 20.1. The summed E-state index contributed by atoms with van der Waals surface area (Å²) >= 11 is 3.49. The maximum atomic E-state index is 5.77. The summed E-state index contributed by atoms with van der Waals surface area (Å²) in [5, 5.41) is 0. The van der Waals surface area contributed by atoms with Crippen LogP contribution in [0.3, 0.4) is 0 Å². The van der Waals surface area contributed by atoms with Crippen LogP contribution in [0, 0.1) is 0 Å². The smallest absolute Gasteiger partial charge is 0.208 e. The van der Waals surface area contributed by atoms with Gasteiger partial charge in [0, 0.05) is 10.0 Å². The molecule has 0 saturated carbocycles. The van der Waals surface area contributed by atoms with Crippen LogP contribution in [-0.2, 0) is 15.3 Å². The third-order valence-corrected chi connectivity index (χ3v) is 3.20. The van der Waals surface area contributed by atoms with Gasteiger partial charge in [-0.15, -0.1) is 0 Å². The molecule has 1 aromatic carbocycles. The van der Waals surface area contributed by atoms with Gasteiger partial charge in [0.05, 0.1) is 19.8 Å². The number of benzene rings is 1. The quantitative estimate of drug-likeness (QED) is 0.895.